The average molecular weight is 272 g/mol. The summed E-state index contributed by atoms with van der Waals surface area (Å²) < 4.78 is 5.71. The highest BCUT2D eigenvalue weighted by molar-refractivity contribution is 7.99. The molecule has 2 heterocycles. The molecule has 0 aliphatic carbocycles. The second-order valence-corrected chi connectivity index (χ2v) is 6.21. The van der Waals surface area contributed by atoms with Gasteiger partial charge in [0, 0.05) is 18.3 Å². The van der Waals surface area contributed by atoms with E-state index in [0.717, 1.165) is 57.1 Å². The molecule has 2 fully saturated rings. The van der Waals surface area contributed by atoms with Crippen molar-refractivity contribution in [1.29, 1.82) is 0 Å². The van der Waals surface area contributed by atoms with Gasteiger partial charge in [0.1, 0.15) is 6.61 Å². The number of likely N-dealkylation sites (tertiary alicyclic amines) is 1. The summed E-state index contributed by atoms with van der Waals surface area (Å²) >= 11 is 1.92. The Morgan fingerprint density at radius 2 is 1.94 bits per heavy atom. The van der Waals surface area contributed by atoms with Crippen molar-refractivity contribution in [2.45, 2.75) is 37.0 Å². The molecule has 2 aliphatic rings. The predicted molar refractivity (Wildman–Crippen MR) is 75.0 cm³/mol. The SMILES string of the molecule is CSC1CCN(C(=O)COC2CCNCC2)CC1. The van der Waals surface area contributed by atoms with E-state index in [1.165, 1.54) is 0 Å². The monoisotopic (exact) mass is 272 g/mol. The highest BCUT2D eigenvalue weighted by atomic mass is 32.2. The van der Waals surface area contributed by atoms with Crippen molar-refractivity contribution in [3.8, 4) is 0 Å². The third-order valence-corrected chi connectivity index (χ3v) is 4.99. The van der Waals surface area contributed by atoms with Crippen LogP contribution in [0, 0.1) is 0 Å². The quantitative estimate of drug-likeness (QED) is 0.832. The molecule has 0 spiro atoms. The number of piperidine rings is 2. The summed E-state index contributed by atoms with van der Waals surface area (Å²) in [6.07, 6.45) is 6.74. The zero-order chi connectivity index (χ0) is 12.8. The number of ether oxygens (including phenoxy) is 1. The fourth-order valence-corrected chi connectivity index (χ4v) is 3.27. The van der Waals surface area contributed by atoms with Gasteiger partial charge in [-0.05, 0) is 45.0 Å². The van der Waals surface area contributed by atoms with Crippen LogP contribution in [-0.2, 0) is 9.53 Å². The first-order valence-corrected chi connectivity index (χ1v) is 8.21. The first-order chi connectivity index (χ1) is 8.79. The van der Waals surface area contributed by atoms with E-state index in [-0.39, 0.29) is 18.6 Å². The van der Waals surface area contributed by atoms with Crippen molar-refractivity contribution in [2.75, 3.05) is 39.0 Å². The molecule has 18 heavy (non-hydrogen) atoms. The molecule has 0 saturated carbocycles. The lowest BCUT2D eigenvalue weighted by atomic mass is 10.1. The molecule has 104 valence electrons. The topological polar surface area (TPSA) is 41.6 Å². The molecule has 1 amide bonds. The molecule has 5 heteroatoms. The van der Waals surface area contributed by atoms with Crippen LogP contribution in [0.2, 0.25) is 0 Å². The standard InChI is InChI=1S/C13H24N2O2S/c1-18-12-4-8-15(9-5-12)13(16)10-17-11-2-6-14-7-3-11/h11-12,14H,2-10H2,1H3. The minimum absolute atomic E-state index is 0.174. The van der Waals surface area contributed by atoms with E-state index >= 15 is 0 Å². The Labute approximate surface area is 114 Å². The molecule has 2 saturated heterocycles. The molecule has 4 nitrogen and oxygen atoms in total. The molecule has 0 atom stereocenters. The van der Waals surface area contributed by atoms with Crippen molar-refractivity contribution in [3.63, 3.8) is 0 Å². The van der Waals surface area contributed by atoms with Gasteiger partial charge in [-0.1, -0.05) is 0 Å². The van der Waals surface area contributed by atoms with E-state index in [1.807, 2.05) is 16.7 Å². The highest BCUT2D eigenvalue weighted by Crippen LogP contribution is 2.21. The van der Waals surface area contributed by atoms with Gasteiger partial charge in [0.2, 0.25) is 5.91 Å². The zero-order valence-electron chi connectivity index (χ0n) is 11.2. The number of hydrogen-bond acceptors (Lipinski definition) is 4. The Kier molecular flexibility index (Phi) is 5.79. The number of rotatable bonds is 4. The van der Waals surface area contributed by atoms with Crippen LogP contribution < -0.4 is 5.32 Å². The Morgan fingerprint density at radius 1 is 1.28 bits per heavy atom. The minimum atomic E-state index is 0.174. The maximum Gasteiger partial charge on any atom is 0.248 e. The maximum absolute atomic E-state index is 12.0. The van der Waals surface area contributed by atoms with Crippen molar-refractivity contribution < 1.29 is 9.53 Å². The summed E-state index contributed by atoms with van der Waals surface area (Å²) in [5, 5.41) is 4.03. The van der Waals surface area contributed by atoms with Gasteiger partial charge in [0.25, 0.3) is 0 Å². The van der Waals surface area contributed by atoms with Gasteiger partial charge in [0.05, 0.1) is 6.10 Å². The summed E-state index contributed by atoms with van der Waals surface area (Å²) in [6, 6.07) is 0. The van der Waals surface area contributed by atoms with Gasteiger partial charge in [-0.15, -0.1) is 0 Å². The second kappa shape index (κ2) is 7.36. The number of amides is 1. The van der Waals surface area contributed by atoms with Crippen LogP contribution >= 0.6 is 11.8 Å². The molecule has 0 bridgehead atoms. The molecule has 1 N–H and O–H groups in total. The summed E-state index contributed by atoms with van der Waals surface area (Å²) in [7, 11) is 0. The van der Waals surface area contributed by atoms with Crippen LogP contribution in [0.3, 0.4) is 0 Å². The lowest BCUT2D eigenvalue weighted by Gasteiger charge is -2.32. The lowest BCUT2D eigenvalue weighted by molar-refractivity contribution is -0.139. The Bertz CT molecular complexity index is 262. The van der Waals surface area contributed by atoms with E-state index in [2.05, 4.69) is 11.6 Å². The van der Waals surface area contributed by atoms with E-state index in [9.17, 15) is 4.79 Å². The van der Waals surface area contributed by atoms with Gasteiger partial charge < -0.3 is 15.0 Å². The molecule has 2 aliphatic heterocycles. The van der Waals surface area contributed by atoms with Crippen LogP contribution in [-0.4, -0.2) is 61.2 Å². The van der Waals surface area contributed by atoms with Gasteiger partial charge in [0.15, 0.2) is 0 Å². The van der Waals surface area contributed by atoms with E-state index in [4.69, 9.17) is 4.74 Å². The molecule has 0 radical (unpaired) electrons. The highest BCUT2D eigenvalue weighted by Gasteiger charge is 2.23. The van der Waals surface area contributed by atoms with Crippen LogP contribution in [0.1, 0.15) is 25.7 Å². The normalized spacial score (nSPS) is 23.3. The Morgan fingerprint density at radius 3 is 2.56 bits per heavy atom. The molecule has 0 aromatic rings. The molecule has 0 aromatic heterocycles. The van der Waals surface area contributed by atoms with Gasteiger partial charge in [-0.2, -0.15) is 11.8 Å². The predicted octanol–water partition coefficient (Wildman–Crippen LogP) is 1.11. The molecular formula is C13H24N2O2S. The van der Waals surface area contributed by atoms with Crippen LogP contribution in [0.15, 0.2) is 0 Å². The third-order valence-electron chi connectivity index (χ3n) is 3.86. The third kappa shape index (κ3) is 4.14. The van der Waals surface area contributed by atoms with E-state index in [1.54, 1.807) is 0 Å². The number of hydrogen-bond donors (Lipinski definition) is 1. The first-order valence-electron chi connectivity index (χ1n) is 6.92. The number of carbonyl (C=O) groups excluding carboxylic acids is 1. The maximum atomic E-state index is 12.0. The van der Waals surface area contributed by atoms with Crippen molar-refractivity contribution >= 4 is 17.7 Å². The van der Waals surface area contributed by atoms with Gasteiger partial charge in [-0.3, -0.25) is 4.79 Å². The largest absolute Gasteiger partial charge is 0.368 e. The van der Waals surface area contributed by atoms with Crippen LogP contribution in [0.25, 0.3) is 0 Å². The van der Waals surface area contributed by atoms with Crippen LogP contribution in [0.4, 0.5) is 0 Å². The van der Waals surface area contributed by atoms with Crippen LogP contribution in [0.5, 0.6) is 0 Å². The Balaban J connectivity index is 1.65. The van der Waals surface area contributed by atoms with Gasteiger partial charge >= 0.3 is 0 Å². The summed E-state index contributed by atoms with van der Waals surface area (Å²) in [5.74, 6) is 0.174. The lowest BCUT2D eigenvalue weighted by Crippen LogP contribution is -2.42. The first kappa shape index (κ1) is 14.2. The molecule has 0 unspecified atom stereocenters. The number of carbonyl (C=O) groups is 1. The smallest absolute Gasteiger partial charge is 0.248 e. The van der Waals surface area contributed by atoms with E-state index < -0.39 is 0 Å². The number of nitrogens with one attached hydrogen (secondary N) is 1. The Hall–Kier alpha value is -0.260. The fourth-order valence-electron chi connectivity index (χ4n) is 2.58. The van der Waals surface area contributed by atoms with Crippen molar-refractivity contribution in [1.82, 2.24) is 10.2 Å². The summed E-state index contributed by atoms with van der Waals surface area (Å²) in [5.41, 5.74) is 0. The summed E-state index contributed by atoms with van der Waals surface area (Å²) in [4.78, 5) is 14.0. The van der Waals surface area contributed by atoms with Crippen molar-refractivity contribution in [2.24, 2.45) is 0 Å². The van der Waals surface area contributed by atoms with Crippen molar-refractivity contribution in [3.05, 3.63) is 0 Å². The fraction of sp³-hybridized carbons (Fsp3) is 0.923. The number of thioether (sulfide) groups is 1. The number of nitrogens with zero attached hydrogens (tertiary/aromatic N) is 1. The van der Waals surface area contributed by atoms with E-state index in [0.29, 0.717) is 0 Å². The molecular weight excluding hydrogens is 248 g/mol. The zero-order valence-corrected chi connectivity index (χ0v) is 12.0. The minimum Gasteiger partial charge on any atom is -0.368 e. The van der Waals surface area contributed by atoms with Gasteiger partial charge in [-0.25, -0.2) is 0 Å². The molecule has 0 aromatic carbocycles. The summed E-state index contributed by atoms with van der Waals surface area (Å²) in [6.45, 7) is 4.10. The molecule has 2 rings (SSSR count). The second-order valence-electron chi connectivity index (χ2n) is 5.08. The average Bonchev–Trinajstić information content (AvgIpc) is 2.46.